The van der Waals surface area contributed by atoms with Gasteiger partial charge in [0.2, 0.25) is 5.91 Å². The lowest BCUT2D eigenvalue weighted by atomic mass is 9.77. The zero-order valence-electron chi connectivity index (χ0n) is 26.0. The first-order valence-electron chi connectivity index (χ1n) is 15.4. The maximum atomic E-state index is 13.2. The Labute approximate surface area is 288 Å². The van der Waals surface area contributed by atoms with Gasteiger partial charge in [0, 0.05) is 45.2 Å². The molecule has 4 aromatic rings. The number of carboxylic acids is 1. The van der Waals surface area contributed by atoms with E-state index in [-0.39, 0.29) is 36.0 Å². The van der Waals surface area contributed by atoms with E-state index in [1.165, 1.54) is 11.3 Å². The number of hydrogen-bond acceptors (Lipinski definition) is 10. The van der Waals surface area contributed by atoms with Gasteiger partial charge in [-0.1, -0.05) is 24.3 Å². The number of aliphatic carboxylic acids is 1. The van der Waals surface area contributed by atoms with Crippen LogP contribution in [0.3, 0.4) is 0 Å². The molecule has 11 nitrogen and oxygen atoms in total. The topological polar surface area (TPSA) is 141 Å². The van der Waals surface area contributed by atoms with Crippen molar-refractivity contribution >= 4 is 46.9 Å². The van der Waals surface area contributed by atoms with E-state index in [2.05, 4.69) is 5.32 Å². The van der Waals surface area contributed by atoms with E-state index in [0.717, 1.165) is 16.1 Å². The predicted molar refractivity (Wildman–Crippen MR) is 179 cm³/mol. The molecule has 248 valence electrons. The number of amides is 2. The number of nitrogens with one attached hydrogen (secondary N) is 1. The minimum atomic E-state index is -1.30. The molecule has 3 unspecified atom stereocenters. The van der Waals surface area contributed by atoms with Crippen LogP contribution in [-0.2, 0) is 31.1 Å². The van der Waals surface area contributed by atoms with Gasteiger partial charge in [-0.3, -0.25) is 14.5 Å². The number of nitrogens with zero attached hydrogens (tertiary/aromatic N) is 1. The number of benzene rings is 3. The van der Waals surface area contributed by atoms with Crippen molar-refractivity contribution in [3.8, 4) is 23.0 Å². The van der Waals surface area contributed by atoms with Gasteiger partial charge in [0.1, 0.15) is 41.0 Å². The van der Waals surface area contributed by atoms with Crippen molar-refractivity contribution in [2.75, 3.05) is 19.0 Å². The number of β-lactam (4-membered cyclic amide) rings is 1. The Kier molecular flexibility index (Phi) is 7.60. The first kappa shape index (κ1) is 31.0. The highest BCUT2D eigenvalue weighted by molar-refractivity contribution is 8.00. The molecule has 4 aliphatic heterocycles. The first-order chi connectivity index (χ1) is 23.7. The molecule has 0 bridgehead atoms. The summed E-state index contributed by atoms with van der Waals surface area (Å²) in [5.74, 6) is 0.244. The number of esters is 1. The molecule has 0 radical (unpaired) electrons. The highest BCUT2D eigenvalue weighted by atomic mass is 32.2. The summed E-state index contributed by atoms with van der Waals surface area (Å²) in [4.78, 5) is 52.6. The van der Waals surface area contributed by atoms with Crippen LogP contribution in [-0.4, -0.2) is 64.1 Å². The van der Waals surface area contributed by atoms with Crippen LogP contribution in [0.5, 0.6) is 23.0 Å². The zero-order chi connectivity index (χ0) is 33.9. The van der Waals surface area contributed by atoms with Crippen molar-refractivity contribution in [2.24, 2.45) is 0 Å². The van der Waals surface area contributed by atoms with Crippen molar-refractivity contribution in [3.63, 3.8) is 0 Å². The van der Waals surface area contributed by atoms with Gasteiger partial charge in [-0.15, -0.1) is 23.1 Å². The van der Waals surface area contributed by atoms with Crippen LogP contribution >= 0.6 is 23.1 Å². The summed E-state index contributed by atoms with van der Waals surface area (Å²) in [6.45, 7) is 1.58. The summed E-state index contributed by atoms with van der Waals surface area (Å²) in [5.41, 5.74) is 2.73. The van der Waals surface area contributed by atoms with Crippen LogP contribution in [0.4, 0.5) is 0 Å². The van der Waals surface area contributed by atoms with E-state index in [4.69, 9.17) is 24.1 Å². The van der Waals surface area contributed by atoms with E-state index in [1.807, 2.05) is 42.6 Å². The monoisotopic (exact) mass is 696 g/mol. The molecule has 5 heterocycles. The number of allylic oxidation sites excluding steroid dienone is 1. The number of thioether (sulfide) groups is 1. The number of rotatable bonds is 9. The molecule has 2 N–H and O–H groups in total. The van der Waals surface area contributed by atoms with Gasteiger partial charge in [0.15, 0.2) is 12.2 Å². The van der Waals surface area contributed by atoms with Gasteiger partial charge in [-0.05, 0) is 54.3 Å². The Bertz CT molecular complexity index is 2080. The van der Waals surface area contributed by atoms with E-state index in [1.54, 1.807) is 59.1 Å². The summed E-state index contributed by atoms with van der Waals surface area (Å²) in [7, 11) is 0. The number of hydrogen-bond donors (Lipinski definition) is 2. The normalized spacial score (nSPS) is 21.4. The lowest BCUT2D eigenvalue weighted by molar-refractivity contribution is -0.145. The summed E-state index contributed by atoms with van der Waals surface area (Å²) < 4.78 is 24.2. The van der Waals surface area contributed by atoms with Gasteiger partial charge in [0.25, 0.3) is 5.91 Å². The van der Waals surface area contributed by atoms with Gasteiger partial charge in [0.05, 0.1) is 12.0 Å². The SMILES string of the molecule is CC1=C(COc2ccc3c(c2)Oc2cc(OCC(=O)O)ccc2C32OC(=O)c3ccccc32)CSC2C(NC(=O)Cc3cccs3)C(=O)N12. The molecule has 3 aromatic carbocycles. The largest absolute Gasteiger partial charge is 0.489 e. The number of ether oxygens (including phenoxy) is 4. The fourth-order valence-corrected chi connectivity index (χ4v) is 8.81. The number of carboxylic acid groups (broad SMARTS) is 1. The van der Waals surface area contributed by atoms with Crippen LogP contribution < -0.4 is 19.5 Å². The van der Waals surface area contributed by atoms with Crippen LogP contribution in [0.2, 0.25) is 0 Å². The van der Waals surface area contributed by atoms with Gasteiger partial charge in [-0.2, -0.15) is 0 Å². The minimum absolute atomic E-state index is 0.143. The summed E-state index contributed by atoms with van der Waals surface area (Å²) in [6.07, 6.45) is 0.249. The van der Waals surface area contributed by atoms with Gasteiger partial charge < -0.3 is 29.4 Å². The summed E-state index contributed by atoms with van der Waals surface area (Å²) in [6, 6.07) is 20.7. The number of carbonyl (C=O) groups is 4. The zero-order valence-corrected chi connectivity index (χ0v) is 27.6. The molecular weight excluding hydrogens is 669 g/mol. The Morgan fingerprint density at radius 1 is 0.980 bits per heavy atom. The molecule has 1 saturated heterocycles. The maximum Gasteiger partial charge on any atom is 0.341 e. The fraction of sp³-hybridized carbons (Fsp3) is 0.222. The van der Waals surface area contributed by atoms with Crippen molar-refractivity contribution in [3.05, 3.63) is 117 Å². The van der Waals surface area contributed by atoms with Crippen molar-refractivity contribution in [1.29, 1.82) is 0 Å². The second-order valence-corrected chi connectivity index (χ2v) is 14.0. The number of carbonyl (C=O) groups excluding carboxylic acids is 3. The molecule has 13 heteroatoms. The standard InChI is InChI=1S/C36H28N2O9S2/c1-19-20(18-49-34-32(33(42)38(19)34)37-30(39)15-23-5-4-12-48-23)16-44-21-8-10-26-28(13-21)46-29-14-22(45-17-31(40)41)9-11-27(29)36(26)25-7-3-2-6-24(25)35(43)47-36/h2-14,32,34H,15-18H2,1H3,(H,37,39)(H,40,41). The third kappa shape index (κ3) is 5.20. The van der Waals surface area contributed by atoms with Crippen LogP contribution in [0, 0.1) is 0 Å². The molecule has 1 aromatic heterocycles. The molecule has 4 aliphatic rings. The molecule has 2 amide bonds. The molecular formula is C36H28N2O9S2. The Morgan fingerprint density at radius 3 is 2.43 bits per heavy atom. The lowest BCUT2D eigenvalue weighted by Crippen LogP contribution is -2.69. The minimum Gasteiger partial charge on any atom is -0.489 e. The number of fused-ring (bicyclic) bond motifs is 7. The van der Waals surface area contributed by atoms with Crippen LogP contribution in [0.1, 0.15) is 38.8 Å². The van der Waals surface area contributed by atoms with Crippen LogP contribution in [0.25, 0.3) is 0 Å². The highest BCUT2D eigenvalue weighted by Crippen LogP contribution is 2.57. The van der Waals surface area contributed by atoms with Crippen LogP contribution in [0.15, 0.2) is 89.4 Å². The quantitative estimate of drug-likeness (QED) is 0.180. The summed E-state index contributed by atoms with van der Waals surface area (Å²) >= 11 is 3.09. The van der Waals surface area contributed by atoms with Gasteiger partial charge >= 0.3 is 11.9 Å². The third-order valence-corrected chi connectivity index (χ3v) is 11.2. The van der Waals surface area contributed by atoms with E-state index >= 15 is 0 Å². The lowest BCUT2D eigenvalue weighted by Gasteiger charge is -2.50. The molecule has 0 saturated carbocycles. The van der Waals surface area contributed by atoms with Crippen molar-refractivity contribution < 1.29 is 43.2 Å². The Hall–Kier alpha value is -5.27. The second kappa shape index (κ2) is 12.0. The Balaban J connectivity index is 1.03. The van der Waals surface area contributed by atoms with E-state index in [9.17, 15) is 19.2 Å². The van der Waals surface area contributed by atoms with Crippen molar-refractivity contribution in [1.82, 2.24) is 10.2 Å². The molecule has 1 spiro atoms. The van der Waals surface area contributed by atoms with E-state index < -0.39 is 30.2 Å². The molecule has 0 aliphatic carbocycles. The van der Waals surface area contributed by atoms with Gasteiger partial charge in [-0.25, -0.2) is 9.59 Å². The highest BCUT2D eigenvalue weighted by Gasteiger charge is 2.54. The first-order valence-corrected chi connectivity index (χ1v) is 17.4. The Morgan fingerprint density at radius 2 is 1.71 bits per heavy atom. The van der Waals surface area contributed by atoms with Crippen molar-refractivity contribution in [2.45, 2.75) is 30.4 Å². The number of thiophene rings is 1. The molecule has 3 atom stereocenters. The second-order valence-electron chi connectivity index (χ2n) is 11.9. The third-order valence-electron chi connectivity index (χ3n) is 9.01. The molecule has 49 heavy (non-hydrogen) atoms. The van der Waals surface area contributed by atoms with E-state index in [0.29, 0.717) is 45.3 Å². The predicted octanol–water partition coefficient (Wildman–Crippen LogP) is 5.07. The smallest absolute Gasteiger partial charge is 0.341 e. The maximum absolute atomic E-state index is 13.2. The summed E-state index contributed by atoms with van der Waals surface area (Å²) in [5, 5.41) is 13.8. The fourth-order valence-electron chi connectivity index (χ4n) is 6.66. The molecule has 1 fully saturated rings. The molecule has 8 rings (SSSR count). The average molecular weight is 697 g/mol. The average Bonchev–Trinajstić information content (AvgIpc) is 3.71.